The second-order valence-electron chi connectivity index (χ2n) is 4.46. The number of nitrogens with one attached hydrogen (secondary N) is 1. The van der Waals surface area contributed by atoms with Crippen LogP contribution in [0.4, 0.5) is 0 Å². The standard InChI is InChI=1S/C13H17Cl2NO.ClH/c14-12-3-4-13(15)11(6-12)9-17-8-10-2-1-5-16-7-10;/h3-4,6,10,16H,1-2,5,7-9H2;1H. The third-order valence-electron chi connectivity index (χ3n) is 3.02. The topological polar surface area (TPSA) is 21.3 Å². The number of benzene rings is 1. The van der Waals surface area contributed by atoms with Crippen molar-refractivity contribution >= 4 is 35.6 Å². The largest absolute Gasteiger partial charge is 0.376 e. The molecule has 1 saturated heterocycles. The van der Waals surface area contributed by atoms with Crippen LogP contribution in [0.2, 0.25) is 10.0 Å². The van der Waals surface area contributed by atoms with Crippen molar-refractivity contribution in [1.29, 1.82) is 0 Å². The van der Waals surface area contributed by atoms with Gasteiger partial charge in [-0.15, -0.1) is 12.4 Å². The molecule has 2 rings (SSSR count). The minimum Gasteiger partial charge on any atom is -0.376 e. The number of piperidine rings is 1. The van der Waals surface area contributed by atoms with Crippen LogP contribution in [-0.4, -0.2) is 19.7 Å². The molecule has 0 aliphatic carbocycles. The van der Waals surface area contributed by atoms with Gasteiger partial charge in [0, 0.05) is 16.6 Å². The Kier molecular flexibility index (Phi) is 7.35. The van der Waals surface area contributed by atoms with Gasteiger partial charge in [-0.3, -0.25) is 0 Å². The van der Waals surface area contributed by atoms with Crippen molar-refractivity contribution in [3.05, 3.63) is 33.8 Å². The molecule has 1 aromatic carbocycles. The molecule has 1 heterocycles. The Bertz CT molecular complexity index is 367. The summed E-state index contributed by atoms with van der Waals surface area (Å²) in [5.74, 6) is 0.627. The molecule has 0 spiro atoms. The van der Waals surface area contributed by atoms with E-state index in [2.05, 4.69) is 5.32 Å². The maximum atomic E-state index is 6.07. The number of hydrogen-bond acceptors (Lipinski definition) is 2. The molecule has 0 aromatic heterocycles. The molecule has 102 valence electrons. The third-order valence-corrected chi connectivity index (χ3v) is 3.62. The molecule has 1 fully saturated rings. The van der Waals surface area contributed by atoms with Crippen molar-refractivity contribution in [2.45, 2.75) is 19.4 Å². The zero-order valence-corrected chi connectivity index (χ0v) is 12.5. The van der Waals surface area contributed by atoms with E-state index in [1.54, 1.807) is 6.07 Å². The maximum absolute atomic E-state index is 6.07. The molecule has 1 atom stereocenters. The van der Waals surface area contributed by atoms with Crippen LogP contribution < -0.4 is 5.32 Å². The highest BCUT2D eigenvalue weighted by atomic mass is 35.5. The molecule has 1 N–H and O–H groups in total. The average Bonchev–Trinajstić information content (AvgIpc) is 2.35. The minimum atomic E-state index is 0. The van der Waals surface area contributed by atoms with Crippen molar-refractivity contribution in [3.63, 3.8) is 0 Å². The lowest BCUT2D eigenvalue weighted by Crippen LogP contribution is -2.32. The van der Waals surface area contributed by atoms with Crippen molar-refractivity contribution < 1.29 is 4.74 Å². The second-order valence-corrected chi connectivity index (χ2v) is 5.31. The summed E-state index contributed by atoms with van der Waals surface area (Å²) >= 11 is 12.0. The molecule has 0 saturated carbocycles. The quantitative estimate of drug-likeness (QED) is 0.910. The van der Waals surface area contributed by atoms with Gasteiger partial charge in [-0.25, -0.2) is 0 Å². The van der Waals surface area contributed by atoms with Gasteiger partial charge < -0.3 is 10.1 Å². The van der Waals surface area contributed by atoms with Crippen LogP contribution in [0.5, 0.6) is 0 Å². The molecule has 1 aromatic rings. The number of halogens is 3. The van der Waals surface area contributed by atoms with Crippen LogP contribution in [0.15, 0.2) is 18.2 Å². The Balaban J connectivity index is 0.00000162. The van der Waals surface area contributed by atoms with Crippen molar-refractivity contribution in [2.75, 3.05) is 19.7 Å². The highest BCUT2D eigenvalue weighted by molar-refractivity contribution is 6.33. The summed E-state index contributed by atoms with van der Waals surface area (Å²) in [6.07, 6.45) is 2.49. The van der Waals surface area contributed by atoms with Gasteiger partial charge in [0.1, 0.15) is 0 Å². The lowest BCUT2D eigenvalue weighted by molar-refractivity contribution is 0.0783. The van der Waals surface area contributed by atoms with Gasteiger partial charge in [-0.2, -0.15) is 0 Å². The van der Waals surface area contributed by atoms with Crippen LogP contribution in [0.25, 0.3) is 0 Å². The summed E-state index contributed by atoms with van der Waals surface area (Å²) in [7, 11) is 0. The average molecular weight is 311 g/mol. The fourth-order valence-electron chi connectivity index (χ4n) is 2.06. The fourth-order valence-corrected chi connectivity index (χ4v) is 2.42. The van der Waals surface area contributed by atoms with Gasteiger partial charge in [-0.05, 0) is 49.1 Å². The van der Waals surface area contributed by atoms with Crippen molar-refractivity contribution in [3.8, 4) is 0 Å². The van der Waals surface area contributed by atoms with E-state index >= 15 is 0 Å². The number of ether oxygens (including phenoxy) is 1. The molecule has 5 heteroatoms. The van der Waals surface area contributed by atoms with E-state index in [9.17, 15) is 0 Å². The van der Waals surface area contributed by atoms with Crippen LogP contribution in [0, 0.1) is 5.92 Å². The second kappa shape index (κ2) is 8.23. The van der Waals surface area contributed by atoms with Crippen LogP contribution in [0.1, 0.15) is 18.4 Å². The minimum absolute atomic E-state index is 0. The van der Waals surface area contributed by atoms with E-state index in [-0.39, 0.29) is 12.4 Å². The van der Waals surface area contributed by atoms with Gasteiger partial charge in [0.2, 0.25) is 0 Å². The molecule has 1 aliphatic rings. The zero-order valence-electron chi connectivity index (χ0n) is 10.1. The molecular formula is C13H18Cl3NO. The van der Waals surface area contributed by atoms with Crippen molar-refractivity contribution in [1.82, 2.24) is 5.32 Å². The molecular weight excluding hydrogens is 293 g/mol. The van der Waals surface area contributed by atoms with E-state index in [1.807, 2.05) is 12.1 Å². The molecule has 1 aliphatic heterocycles. The Morgan fingerprint density at radius 1 is 1.33 bits per heavy atom. The molecule has 0 bridgehead atoms. The molecule has 0 amide bonds. The molecule has 18 heavy (non-hydrogen) atoms. The van der Waals surface area contributed by atoms with E-state index in [0.717, 1.165) is 30.3 Å². The molecule has 1 unspecified atom stereocenters. The highest BCUT2D eigenvalue weighted by Gasteiger charge is 2.13. The third kappa shape index (κ3) is 4.94. The first kappa shape index (κ1) is 16.1. The summed E-state index contributed by atoms with van der Waals surface area (Å²) < 4.78 is 5.71. The van der Waals surface area contributed by atoms with Gasteiger partial charge in [0.15, 0.2) is 0 Å². The first-order valence-corrected chi connectivity index (χ1v) is 6.73. The van der Waals surface area contributed by atoms with Crippen molar-refractivity contribution in [2.24, 2.45) is 5.92 Å². The summed E-state index contributed by atoms with van der Waals surface area (Å²) in [6, 6.07) is 5.46. The lowest BCUT2D eigenvalue weighted by atomic mass is 10.0. The Labute approximate surface area is 124 Å². The summed E-state index contributed by atoms with van der Waals surface area (Å²) in [4.78, 5) is 0. The van der Waals surface area contributed by atoms with Gasteiger partial charge >= 0.3 is 0 Å². The van der Waals surface area contributed by atoms with E-state index in [0.29, 0.717) is 17.5 Å². The predicted octanol–water partition coefficient (Wildman–Crippen LogP) is 3.93. The smallest absolute Gasteiger partial charge is 0.0732 e. The number of hydrogen-bond donors (Lipinski definition) is 1. The van der Waals surface area contributed by atoms with Crippen LogP contribution in [-0.2, 0) is 11.3 Å². The van der Waals surface area contributed by atoms with Gasteiger partial charge in [0.25, 0.3) is 0 Å². The Morgan fingerprint density at radius 2 is 2.17 bits per heavy atom. The first-order chi connectivity index (χ1) is 8.25. The summed E-state index contributed by atoms with van der Waals surface area (Å²) in [6.45, 7) is 3.52. The SMILES string of the molecule is Cl.Clc1ccc(Cl)c(COCC2CCCNC2)c1. The summed E-state index contributed by atoms with van der Waals surface area (Å²) in [5.41, 5.74) is 0.961. The normalized spacial score (nSPS) is 19.3. The highest BCUT2D eigenvalue weighted by Crippen LogP contribution is 2.21. The van der Waals surface area contributed by atoms with Crippen LogP contribution in [0.3, 0.4) is 0 Å². The fraction of sp³-hybridized carbons (Fsp3) is 0.538. The van der Waals surface area contributed by atoms with E-state index < -0.39 is 0 Å². The Morgan fingerprint density at radius 3 is 2.89 bits per heavy atom. The first-order valence-electron chi connectivity index (χ1n) is 5.98. The Hall–Kier alpha value is 0.01000. The number of rotatable bonds is 4. The monoisotopic (exact) mass is 309 g/mol. The van der Waals surface area contributed by atoms with Gasteiger partial charge in [0.05, 0.1) is 13.2 Å². The van der Waals surface area contributed by atoms with E-state index in [4.69, 9.17) is 27.9 Å². The molecule has 2 nitrogen and oxygen atoms in total. The van der Waals surface area contributed by atoms with Crippen LogP contribution >= 0.6 is 35.6 Å². The van der Waals surface area contributed by atoms with Gasteiger partial charge in [-0.1, -0.05) is 23.2 Å². The maximum Gasteiger partial charge on any atom is 0.0732 e. The summed E-state index contributed by atoms with van der Waals surface area (Å²) in [5, 5.41) is 4.80. The predicted molar refractivity (Wildman–Crippen MR) is 79.0 cm³/mol. The van der Waals surface area contributed by atoms with E-state index in [1.165, 1.54) is 12.8 Å². The zero-order chi connectivity index (χ0) is 12.1. The molecule has 0 radical (unpaired) electrons. The lowest BCUT2D eigenvalue weighted by Gasteiger charge is -2.22.